The Labute approximate surface area is 74.1 Å². The number of aliphatic hydroxyl groups excluding tert-OH is 1. The quantitative estimate of drug-likeness (QED) is 0.609. The van der Waals surface area contributed by atoms with E-state index in [-0.39, 0.29) is 6.61 Å². The van der Waals surface area contributed by atoms with Crippen LogP contribution in [-0.4, -0.2) is 37.5 Å². The lowest BCUT2D eigenvalue weighted by Gasteiger charge is -2.14. The molecule has 1 rings (SSSR count). The Morgan fingerprint density at radius 2 is 2.25 bits per heavy atom. The maximum atomic E-state index is 8.59. The molecule has 0 radical (unpaired) electrons. The summed E-state index contributed by atoms with van der Waals surface area (Å²) in [4.78, 5) is 0. The number of rotatable bonds is 4. The second-order valence-corrected chi connectivity index (χ2v) is 3.27. The van der Waals surface area contributed by atoms with Crippen LogP contribution >= 0.6 is 0 Å². The third-order valence-electron chi connectivity index (χ3n) is 2.22. The van der Waals surface area contributed by atoms with Crippen molar-refractivity contribution in [3.63, 3.8) is 0 Å². The highest BCUT2D eigenvalue weighted by molar-refractivity contribution is 4.68. The van der Waals surface area contributed by atoms with Gasteiger partial charge < -0.3 is 15.2 Å². The van der Waals surface area contributed by atoms with Gasteiger partial charge in [0.2, 0.25) is 0 Å². The van der Waals surface area contributed by atoms with Crippen molar-refractivity contribution in [1.29, 1.82) is 0 Å². The van der Waals surface area contributed by atoms with Gasteiger partial charge in [-0.1, -0.05) is 0 Å². The summed E-state index contributed by atoms with van der Waals surface area (Å²) in [7, 11) is 0. The van der Waals surface area contributed by atoms with Crippen molar-refractivity contribution >= 4 is 0 Å². The van der Waals surface area contributed by atoms with Gasteiger partial charge in [0.05, 0.1) is 0 Å². The number of hydrogen-bond donors (Lipinski definition) is 2. The van der Waals surface area contributed by atoms with Crippen molar-refractivity contribution < 1.29 is 9.84 Å². The summed E-state index contributed by atoms with van der Waals surface area (Å²) < 4.78 is 5.34. The van der Waals surface area contributed by atoms with Gasteiger partial charge in [-0.25, -0.2) is 0 Å². The Morgan fingerprint density at radius 3 is 3.08 bits per heavy atom. The van der Waals surface area contributed by atoms with Crippen LogP contribution in [0.3, 0.4) is 0 Å². The van der Waals surface area contributed by atoms with Crippen LogP contribution < -0.4 is 5.32 Å². The third-order valence-corrected chi connectivity index (χ3v) is 2.22. The molecule has 1 atom stereocenters. The van der Waals surface area contributed by atoms with Gasteiger partial charge in [0.25, 0.3) is 0 Å². The smallest absolute Gasteiger partial charge is 0.0480 e. The molecule has 0 spiro atoms. The van der Waals surface area contributed by atoms with E-state index in [9.17, 15) is 0 Å². The summed E-state index contributed by atoms with van der Waals surface area (Å²) in [6.07, 6.45) is 4.35. The highest BCUT2D eigenvalue weighted by Crippen LogP contribution is 2.07. The van der Waals surface area contributed by atoms with Crippen molar-refractivity contribution in [2.24, 2.45) is 0 Å². The van der Waals surface area contributed by atoms with E-state index in [1.807, 2.05) is 0 Å². The molecule has 1 aliphatic heterocycles. The number of ether oxygens (including phenoxy) is 1. The number of nitrogens with one attached hydrogen (secondary N) is 1. The van der Waals surface area contributed by atoms with Crippen molar-refractivity contribution in [1.82, 2.24) is 5.32 Å². The van der Waals surface area contributed by atoms with E-state index in [1.54, 1.807) is 0 Å². The molecule has 0 aliphatic carbocycles. The zero-order valence-electron chi connectivity index (χ0n) is 7.59. The lowest BCUT2D eigenvalue weighted by molar-refractivity contribution is 0.142. The lowest BCUT2D eigenvalue weighted by Crippen LogP contribution is -2.30. The van der Waals surface area contributed by atoms with Gasteiger partial charge in [0.1, 0.15) is 0 Å². The first-order valence-corrected chi connectivity index (χ1v) is 4.85. The van der Waals surface area contributed by atoms with Gasteiger partial charge >= 0.3 is 0 Å². The van der Waals surface area contributed by atoms with E-state index in [2.05, 4.69) is 5.32 Å². The van der Waals surface area contributed by atoms with Gasteiger partial charge in [-0.3, -0.25) is 0 Å². The van der Waals surface area contributed by atoms with E-state index in [1.165, 1.54) is 6.42 Å². The van der Waals surface area contributed by atoms with E-state index in [0.717, 1.165) is 39.0 Å². The summed E-state index contributed by atoms with van der Waals surface area (Å²) in [6, 6.07) is 0.610. The molecule has 0 bridgehead atoms. The normalized spacial score (nSPS) is 25.2. The Bertz CT molecular complexity index is 101. The molecular weight excluding hydrogens is 154 g/mol. The zero-order valence-corrected chi connectivity index (χ0v) is 7.59. The molecule has 3 heteroatoms. The molecular formula is C9H19NO2. The fourth-order valence-corrected chi connectivity index (χ4v) is 1.49. The number of hydrogen-bond acceptors (Lipinski definition) is 3. The summed E-state index contributed by atoms with van der Waals surface area (Å²) in [6.45, 7) is 3.02. The van der Waals surface area contributed by atoms with E-state index in [4.69, 9.17) is 9.84 Å². The molecule has 0 saturated carbocycles. The van der Waals surface area contributed by atoms with E-state index < -0.39 is 0 Å². The SMILES string of the molecule is OCCCNC1CCCOCC1. The van der Waals surface area contributed by atoms with E-state index in [0.29, 0.717) is 6.04 Å². The summed E-state index contributed by atoms with van der Waals surface area (Å²) in [5, 5.41) is 12.0. The maximum absolute atomic E-state index is 8.59. The highest BCUT2D eigenvalue weighted by Gasteiger charge is 2.10. The van der Waals surface area contributed by atoms with Gasteiger partial charge in [-0.05, 0) is 32.2 Å². The van der Waals surface area contributed by atoms with Crippen LogP contribution in [0, 0.1) is 0 Å². The Balaban J connectivity index is 2.04. The summed E-state index contributed by atoms with van der Waals surface area (Å²) >= 11 is 0. The first-order chi connectivity index (χ1) is 5.93. The van der Waals surface area contributed by atoms with Crippen molar-refractivity contribution in [3.05, 3.63) is 0 Å². The standard InChI is InChI=1S/C9H19NO2/c11-6-2-5-10-9-3-1-7-12-8-4-9/h9-11H,1-8H2. The molecule has 1 aliphatic rings. The van der Waals surface area contributed by atoms with Crippen LogP contribution in [-0.2, 0) is 4.74 Å². The predicted octanol–water partition coefficient (Wildman–Crippen LogP) is 0.527. The van der Waals surface area contributed by atoms with Crippen LogP contribution in [0.25, 0.3) is 0 Å². The molecule has 1 unspecified atom stereocenters. The van der Waals surface area contributed by atoms with Crippen molar-refractivity contribution in [2.45, 2.75) is 31.7 Å². The summed E-state index contributed by atoms with van der Waals surface area (Å²) in [5.41, 5.74) is 0. The van der Waals surface area contributed by atoms with Gasteiger partial charge in [0, 0.05) is 25.9 Å². The van der Waals surface area contributed by atoms with Gasteiger partial charge in [-0.2, -0.15) is 0 Å². The molecule has 0 amide bonds. The first kappa shape index (κ1) is 9.96. The van der Waals surface area contributed by atoms with Gasteiger partial charge in [0.15, 0.2) is 0 Å². The second kappa shape index (κ2) is 6.40. The first-order valence-electron chi connectivity index (χ1n) is 4.85. The van der Waals surface area contributed by atoms with Crippen LogP contribution in [0.1, 0.15) is 25.7 Å². The average Bonchev–Trinajstić information content (AvgIpc) is 2.33. The minimum atomic E-state index is 0.288. The largest absolute Gasteiger partial charge is 0.396 e. The molecule has 1 heterocycles. The van der Waals surface area contributed by atoms with Crippen molar-refractivity contribution in [2.75, 3.05) is 26.4 Å². The number of aliphatic hydroxyl groups is 1. The topological polar surface area (TPSA) is 41.5 Å². The molecule has 1 fully saturated rings. The molecule has 12 heavy (non-hydrogen) atoms. The van der Waals surface area contributed by atoms with Crippen LogP contribution in [0.2, 0.25) is 0 Å². The minimum absolute atomic E-state index is 0.288. The second-order valence-electron chi connectivity index (χ2n) is 3.27. The molecule has 72 valence electrons. The molecule has 3 nitrogen and oxygen atoms in total. The fourth-order valence-electron chi connectivity index (χ4n) is 1.49. The monoisotopic (exact) mass is 173 g/mol. The lowest BCUT2D eigenvalue weighted by atomic mass is 10.1. The maximum Gasteiger partial charge on any atom is 0.0480 e. The van der Waals surface area contributed by atoms with Gasteiger partial charge in [-0.15, -0.1) is 0 Å². The Morgan fingerprint density at radius 1 is 1.33 bits per heavy atom. The van der Waals surface area contributed by atoms with E-state index >= 15 is 0 Å². The summed E-state index contributed by atoms with van der Waals surface area (Å²) in [5.74, 6) is 0. The Kier molecular flexibility index (Phi) is 5.32. The fraction of sp³-hybridized carbons (Fsp3) is 1.00. The predicted molar refractivity (Wildman–Crippen MR) is 48.2 cm³/mol. The van der Waals surface area contributed by atoms with Crippen molar-refractivity contribution in [3.8, 4) is 0 Å². The molecule has 0 aromatic carbocycles. The zero-order chi connectivity index (χ0) is 8.65. The molecule has 0 aromatic heterocycles. The highest BCUT2D eigenvalue weighted by atomic mass is 16.5. The third kappa shape index (κ3) is 4.04. The molecule has 1 saturated heterocycles. The van der Waals surface area contributed by atoms with Crippen LogP contribution in [0.4, 0.5) is 0 Å². The van der Waals surface area contributed by atoms with Crippen LogP contribution in [0.5, 0.6) is 0 Å². The molecule has 0 aromatic rings. The van der Waals surface area contributed by atoms with Crippen LogP contribution in [0.15, 0.2) is 0 Å². The Hall–Kier alpha value is -0.120. The molecule has 2 N–H and O–H groups in total. The minimum Gasteiger partial charge on any atom is -0.396 e. The average molecular weight is 173 g/mol.